The predicted octanol–water partition coefficient (Wildman–Crippen LogP) is 7.50. The lowest BCUT2D eigenvalue weighted by Crippen LogP contribution is -2.66. The summed E-state index contributed by atoms with van der Waals surface area (Å²) < 4.78 is 221. The van der Waals surface area contributed by atoms with Crippen LogP contribution in [0.3, 0.4) is 0 Å². The number of rotatable bonds is 3. The number of alkyl halides is 14. The fourth-order valence-electron chi connectivity index (χ4n) is 1.01. The maximum absolute atomic E-state index is 12.9. The van der Waals surface area contributed by atoms with Crippen LogP contribution in [-0.4, -0.2) is 36.0 Å². The molecule has 0 saturated heterocycles. The van der Waals surface area contributed by atoms with Crippen LogP contribution in [0.4, 0.5) is 83.4 Å². The largest absolute Gasteiger partial charge is 0.460 e. The summed E-state index contributed by atoms with van der Waals surface area (Å²) in [5.74, 6) is -18.4. The van der Waals surface area contributed by atoms with Gasteiger partial charge in [-0.2, -0.15) is 79.0 Å². The lowest BCUT2D eigenvalue weighted by atomic mass is 9.91. The van der Waals surface area contributed by atoms with E-state index in [1.54, 1.807) is 0 Å². The molecule has 0 aliphatic carbocycles. The van der Waals surface area contributed by atoms with Crippen LogP contribution in [-0.2, 0) is 0 Å². The molecule has 0 nitrogen and oxygen atoms in total. The normalized spacial score (nSPS) is 15.7. The molecule has 0 aromatic rings. The van der Waals surface area contributed by atoms with Crippen LogP contribution in [0.5, 0.6) is 0 Å². The number of hydrogen-bond donors (Lipinski definition) is 0. The monoisotopic (exact) mass is 482 g/mol. The number of hydrogen-bond acceptors (Lipinski definition) is 0. The van der Waals surface area contributed by atoms with Crippen LogP contribution in [0, 0.1) is 0 Å². The molecular formula is C10HF19. The molecule has 0 rings (SSSR count). The molecule has 29 heavy (non-hydrogen) atoms. The van der Waals surface area contributed by atoms with E-state index in [-0.39, 0.29) is 0 Å². The molecule has 0 saturated carbocycles. The van der Waals surface area contributed by atoms with Gasteiger partial charge >= 0.3 is 36.5 Å². The van der Waals surface area contributed by atoms with Gasteiger partial charge in [0.2, 0.25) is 0 Å². The van der Waals surface area contributed by atoms with Crippen LogP contribution in [0.2, 0.25) is 0 Å². The highest BCUT2D eigenvalue weighted by Gasteiger charge is 2.86. The van der Waals surface area contributed by atoms with Crippen molar-refractivity contribution in [3.05, 3.63) is 24.1 Å². The highest BCUT2D eigenvalue weighted by atomic mass is 19.4. The zero-order valence-corrected chi connectivity index (χ0v) is 12.3. The molecule has 0 fully saturated rings. The first-order valence-electron chi connectivity index (χ1n) is 5.67. The Bertz CT molecular complexity index is 604. The van der Waals surface area contributed by atoms with E-state index in [2.05, 4.69) is 0 Å². The minimum Gasteiger partial charge on any atom is -0.222 e. The molecule has 0 N–H and O–H groups in total. The quantitative estimate of drug-likeness (QED) is 0.366. The van der Waals surface area contributed by atoms with E-state index in [4.69, 9.17) is 0 Å². The smallest absolute Gasteiger partial charge is 0.222 e. The van der Waals surface area contributed by atoms with E-state index in [9.17, 15) is 83.4 Å². The Kier molecular flexibility index (Phi) is 8.59. The summed E-state index contributed by atoms with van der Waals surface area (Å²) in [6.07, 6.45) is -29.6. The van der Waals surface area contributed by atoms with Crippen LogP contribution < -0.4 is 0 Å². The summed E-state index contributed by atoms with van der Waals surface area (Å²) in [7, 11) is 0. The third-order valence-electron chi connectivity index (χ3n) is 2.34. The van der Waals surface area contributed by atoms with Crippen molar-refractivity contribution in [3.8, 4) is 0 Å². The summed E-state index contributed by atoms with van der Waals surface area (Å²) in [6, 6.07) is 0. The molecule has 0 aromatic heterocycles. The fraction of sp³-hybridized carbons (Fsp3) is 0.600. The third-order valence-corrected chi connectivity index (χ3v) is 2.34. The molecule has 0 heterocycles. The first-order valence-corrected chi connectivity index (χ1v) is 5.67. The SMILES string of the molecule is FC(F)=C(F)C(F)(F)F.FC(F)=CC(F)(C(F)(F)F)C(F)(F)C(F)(F)C(F)(F)F. The van der Waals surface area contributed by atoms with E-state index in [1.165, 1.54) is 0 Å². The highest BCUT2D eigenvalue weighted by molar-refractivity contribution is 5.19. The average molecular weight is 482 g/mol. The van der Waals surface area contributed by atoms with Crippen molar-refractivity contribution in [2.75, 3.05) is 0 Å². The number of halogens is 19. The molecule has 1 atom stereocenters. The predicted molar refractivity (Wildman–Crippen MR) is 52.5 cm³/mol. The first-order chi connectivity index (χ1) is 12.3. The molecule has 0 aliphatic rings. The second kappa shape index (κ2) is 8.49. The Morgan fingerprint density at radius 1 is 0.483 bits per heavy atom. The fourth-order valence-corrected chi connectivity index (χ4v) is 1.01. The molecule has 0 amide bonds. The van der Waals surface area contributed by atoms with E-state index in [1.807, 2.05) is 0 Å². The highest BCUT2D eigenvalue weighted by Crippen LogP contribution is 2.57. The van der Waals surface area contributed by atoms with Crippen molar-refractivity contribution >= 4 is 0 Å². The maximum atomic E-state index is 12.9. The van der Waals surface area contributed by atoms with E-state index < -0.39 is 60.1 Å². The van der Waals surface area contributed by atoms with Gasteiger partial charge in [-0.3, -0.25) is 0 Å². The van der Waals surface area contributed by atoms with Gasteiger partial charge in [0, 0.05) is 6.08 Å². The van der Waals surface area contributed by atoms with Crippen LogP contribution in [0.25, 0.3) is 0 Å². The van der Waals surface area contributed by atoms with Crippen molar-refractivity contribution in [1.82, 2.24) is 0 Å². The lowest BCUT2D eigenvalue weighted by molar-refractivity contribution is -0.402. The maximum Gasteiger partial charge on any atom is 0.460 e. The minimum absolute atomic E-state index is 2.34. The van der Waals surface area contributed by atoms with Crippen molar-refractivity contribution in [1.29, 1.82) is 0 Å². The van der Waals surface area contributed by atoms with Gasteiger partial charge in [0.05, 0.1) is 0 Å². The molecule has 19 heteroatoms. The lowest BCUT2D eigenvalue weighted by Gasteiger charge is -2.37. The van der Waals surface area contributed by atoms with Gasteiger partial charge in [0.25, 0.3) is 17.6 Å². The minimum atomic E-state index is -7.56. The van der Waals surface area contributed by atoms with Gasteiger partial charge in [-0.15, -0.1) is 0 Å². The molecule has 1 unspecified atom stereocenters. The Morgan fingerprint density at radius 2 is 0.828 bits per heavy atom. The summed E-state index contributed by atoms with van der Waals surface area (Å²) in [4.78, 5) is 0. The van der Waals surface area contributed by atoms with Crippen molar-refractivity contribution in [2.45, 2.75) is 36.0 Å². The van der Waals surface area contributed by atoms with Crippen molar-refractivity contribution in [3.63, 3.8) is 0 Å². The molecule has 0 aromatic carbocycles. The van der Waals surface area contributed by atoms with Gasteiger partial charge in [-0.25, -0.2) is 4.39 Å². The molecular weight excluding hydrogens is 481 g/mol. The van der Waals surface area contributed by atoms with Gasteiger partial charge in [0.1, 0.15) is 0 Å². The van der Waals surface area contributed by atoms with E-state index in [0.717, 1.165) is 0 Å². The van der Waals surface area contributed by atoms with Gasteiger partial charge in [-0.05, 0) is 0 Å². The molecule has 0 aliphatic heterocycles. The van der Waals surface area contributed by atoms with E-state index in [0.29, 0.717) is 0 Å². The summed E-state index contributed by atoms with van der Waals surface area (Å²) >= 11 is 0. The molecule has 0 radical (unpaired) electrons. The summed E-state index contributed by atoms with van der Waals surface area (Å²) in [5, 5.41) is 0. The van der Waals surface area contributed by atoms with E-state index >= 15 is 0 Å². The zero-order valence-electron chi connectivity index (χ0n) is 12.3. The summed E-state index contributed by atoms with van der Waals surface area (Å²) in [5.41, 5.74) is -6.92. The standard InChI is InChI=1S/C7HF13.C3F6/c8-2(9)1-3(10,6(15,16)17)4(11,12)5(13,14)7(18,19)20;4-1(2(5)6)3(7,8)9/h1H;. The first kappa shape index (κ1) is 29.4. The van der Waals surface area contributed by atoms with Crippen LogP contribution in [0.15, 0.2) is 24.1 Å². The molecule has 0 bridgehead atoms. The Morgan fingerprint density at radius 3 is 0.966 bits per heavy atom. The van der Waals surface area contributed by atoms with Crippen LogP contribution in [0.1, 0.15) is 0 Å². The van der Waals surface area contributed by atoms with Gasteiger partial charge in [-0.1, -0.05) is 0 Å². The van der Waals surface area contributed by atoms with Gasteiger partial charge in [0.15, 0.2) is 0 Å². The second-order valence-corrected chi connectivity index (χ2v) is 4.36. The Hall–Kier alpha value is -1.85. The van der Waals surface area contributed by atoms with Crippen molar-refractivity contribution in [2.24, 2.45) is 0 Å². The second-order valence-electron chi connectivity index (χ2n) is 4.36. The Labute approximate surface area is 145 Å². The van der Waals surface area contributed by atoms with Crippen molar-refractivity contribution < 1.29 is 83.4 Å². The van der Waals surface area contributed by atoms with Gasteiger partial charge < -0.3 is 0 Å². The van der Waals surface area contributed by atoms with Crippen LogP contribution >= 0.6 is 0 Å². The third kappa shape index (κ3) is 6.31. The molecule has 174 valence electrons. The average Bonchev–Trinajstić information content (AvgIpc) is 2.42. The zero-order chi connectivity index (χ0) is 24.4. The summed E-state index contributed by atoms with van der Waals surface area (Å²) in [6.45, 7) is 0. The Balaban J connectivity index is 0. The number of allylic oxidation sites excluding steroid dienone is 2. The topological polar surface area (TPSA) is 0 Å². The molecule has 0 spiro atoms.